The van der Waals surface area contributed by atoms with Crippen LogP contribution in [0.2, 0.25) is 0 Å². The van der Waals surface area contributed by atoms with Crippen molar-refractivity contribution in [3.8, 4) is 5.88 Å². The first-order valence-electron chi connectivity index (χ1n) is 6.94. The van der Waals surface area contributed by atoms with Gasteiger partial charge in [0.05, 0.1) is 0 Å². The number of hydrogen-bond acceptors (Lipinski definition) is 4. The van der Waals surface area contributed by atoms with Crippen molar-refractivity contribution in [1.82, 2.24) is 10.3 Å². The van der Waals surface area contributed by atoms with E-state index in [-0.39, 0.29) is 24.2 Å². The van der Waals surface area contributed by atoms with E-state index in [9.17, 15) is 18.0 Å². The third kappa shape index (κ3) is 5.18. The van der Waals surface area contributed by atoms with Crippen LogP contribution in [0, 0.1) is 5.92 Å². The van der Waals surface area contributed by atoms with Gasteiger partial charge < -0.3 is 14.8 Å². The zero-order valence-corrected chi connectivity index (χ0v) is 11.9. The molecular weight excluding hydrogens is 301 g/mol. The number of aromatic nitrogens is 1. The molecule has 2 heterocycles. The average molecular weight is 318 g/mol. The lowest BCUT2D eigenvalue weighted by Crippen LogP contribution is -2.34. The number of nitrogens with one attached hydrogen (secondary N) is 1. The summed E-state index contributed by atoms with van der Waals surface area (Å²) in [5, 5.41) is 2.71. The van der Waals surface area contributed by atoms with E-state index < -0.39 is 12.8 Å². The maximum Gasteiger partial charge on any atom is 0.422 e. The van der Waals surface area contributed by atoms with E-state index in [4.69, 9.17) is 4.74 Å². The molecule has 0 unspecified atom stereocenters. The Morgan fingerprint density at radius 1 is 1.41 bits per heavy atom. The standard InChI is InChI=1S/C14H17F3N2O3/c15-14(16,17)9-22-13-11(2-1-5-18-13)8-19-12(20)10-3-6-21-7-4-10/h1-2,5,10H,3-4,6-9H2,(H,19,20). The van der Waals surface area contributed by atoms with Gasteiger partial charge in [-0.25, -0.2) is 4.98 Å². The monoisotopic (exact) mass is 318 g/mol. The first-order chi connectivity index (χ1) is 10.5. The van der Waals surface area contributed by atoms with Crippen molar-refractivity contribution in [1.29, 1.82) is 0 Å². The van der Waals surface area contributed by atoms with E-state index in [2.05, 4.69) is 15.0 Å². The molecule has 1 aliphatic heterocycles. The highest BCUT2D eigenvalue weighted by Gasteiger charge is 2.29. The number of alkyl halides is 3. The average Bonchev–Trinajstić information content (AvgIpc) is 2.51. The van der Waals surface area contributed by atoms with E-state index in [1.165, 1.54) is 6.20 Å². The van der Waals surface area contributed by atoms with E-state index >= 15 is 0 Å². The van der Waals surface area contributed by atoms with Gasteiger partial charge in [-0.05, 0) is 18.9 Å². The van der Waals surface area contributed by atoms with Crippen molar-refractivity contribution in [2.45, 2.75) is 25.6 Å². The lowest BCUT2D eigenvalue weighted by atomic mass is 9.99. The van der Waals surface area contributed by atoms with Gasteiger partial charge >= 0.3 is 6.18 Å². The Morgan fingerprint density at radius 2 is 2.14 bits per heavy atom. The van der Waals surface area contributed by atoms with Crippen molar-refractivity contribution < 1.29 is 27.4 Å². The van der Waals surface area contributed by atoms with Gasteiger partial charge in [0.2, 0.25) is 11.8 Å². The van der Waals surface area contributed by atoms with Gasteiger partial charge in [-0.3, -0.25) is 4.79 Å². The molecular formula is C14H17F3N2O3. The lowest BCUT2D eigenvalue weighted by Gasteiger charge is -2.21. The molecule has 5 nitrogen and oxygen atoms in total. The van der Waals surface area contributed by atoms with Crippen LogP contribution in [0.4, 0.5) is 13.2 Å². The van der Waals surface area contributed by atoms with Gasteiger partial charge in [0, 0.05) is 37.4 Å². The maximum atomic E-state index is 12.2. The largest absolute Gasteiger partial charge is 0.468 e. The predicted octanol–water partition coefficient (Wildman–Crippen LogP) is 2.07. The van der Waals surface area contributed by atoms with E-state index in [0.717, 1.165) is 0 Å². The summed E-state index contributed by atoms with van der Waals surface area (Å²) < 4.78 is 46.4. The predicted molar refractivity (Wildman–Crippen MR) is 71.2 cm³/mol. The molecule has 1 aliphatic rings. The fourth-order valence-electron chi connectivity index (χ4n) is 2.13. The number of pyridine rings is 1. The molecule has 1 N–H and O–H groups in total. The number of carbonyl (C=O) groups excluding carboxylic acids is 1. The number of rotatable bonds is 5. The number of carbonyl (C=O) groups is 1. The molecule has 0 aromatic carbocycles. The second-order valence-corrected chi connectivity index (χ2v) is 4.98. The molecule has 0 radical (unpaired) electrons. The van der Waals surface area contributed by atoms with Crippen LogP contribution in [0.25, 0.3) is 0 Å². The molecule has 1 amide bonds. The summed E-state index contributed by atoms with van der Waals surface area (Å²) in [5.41, 5.74) is 0.409. The summed E-state index contributed by atoms with van der Waals surface area (Å²) in [6.07, 6.45) is -1.79. The van der Waals surface area contributed by atoms with Gasteiger partial charge in [0.15, 0.2) is 6.61 Å². The molecule has 1 aromatic rings. The lowest BCUT2D eigenvalue weighted by molar-refractivity contribution is -0.154. The number of halogens is 3. The number of ether oxygens (including phenoxy) is 2. The smallest absolute Gasteiger partial charge is 0.422 e. The van der Waals surface area contributed by atoms with Crippen LogP contribution in [0.15, 0.2) is 18.3 Å². The number of hydrogen-bond donors (Lipinski definition) is 1. The van der Waals surface area contributed by atoms with Gasteiger partial charge in [-0.2, -0.15) is 13.2 Å². The Balaban J connectivity index is 1.90. The fourth-order valence-corrected chi connectivity index (χ4v) is 2.13. The van der Waals surface area contributed by atoms with Crippen LogP contribution in [0.3, 0.4) is 0 Å². The highest BCUT2D eigenvalue weighted by Crippen LogP contribution is 2.20. The van der Waals surface area contributed by atoms with Crippen molar-refractivity contribution in [3.63, 3.8) is 0 Å². The molecule has 1 aromatic heterocycles. The Morgan fingerprint density at radius 3 is 2.82 bits per heavy atom. The molecule has 0 aliphatic carbocycles. The first kappa shape index (κ1) is 16.5. The molecule has 0 bridgehead atoms. The van der Waals surface area contributed by atoms with Crippen LogP contribution in [0.5, 0.6) is 5.88 Å². The Kier molecular flexibility index (Phi) is 5.59. The van der Waals surface area contributed by atoms with Crippen molar-refractivity contribution in [3.05, 3.63) is 23.9 Å². The topological polar surface area (TPSA) is 60.5 Å². The number of amides is 1. The highest BCUT2D eigenvalue weighted by atomic mass is 19.4. The molecule has 1 saturated heterocycles. The zero-order valence-electron chi connectivity index (χ0n) is 11.9. The Bertz CT molecular complexity index is 502. The Labute approximate surface area is 125 Å². The molecule has 122 valence electrons. The summed E-state index contributed by atoms with van der Waals surface area (Å²) in [6.45, 7) is -0.238. The van der Waals surface area contributed by atoms with Gasteiger partial charge in [-0.15, -0.1) is 0 Å². The van der Waals surface area contributed by atoms with Crippen molar-refractivity contribution in [2.24, 2.45) is 5.92 Å². The molecule has 1 fully saturated rings. The van der Waals surface area contributed by atoms with Crippen LogP contribution in [0.1, 0.15) is 18.4 Å². The minimum Gasteiger partial charge on any atom is -0.468 e. The molecule has 0 spiro atoms. The van der Waals surface area contributed by atoms with Gasteiger partial charge in [0.1, 0.15) is 0 Å². The molecule has 8 heteroatoms. The minimum atomic E-state index is -4.43. The third-order valence-electron chi connectivity index (χ3n) is 3.27. The molecule has 22 heavy (non-hydrogen) atoms. The third-order valence-corrected chi connectivity index (χ3v) is 3.27. The maximum absolute atomic E-state index is 12.2. The SMILES string of the molecule is O=C(NCc1cccnc1OCC(F)(F)F)C1CCOCC1. The molecule has 0 atom stereocenters. The van der Waals surface area contributed by atoms with Crippen molar-refractivity contribution in [2.75, 3.05) is 19.8 Å². The molecule has 2 rings (SSSR count). The fraction of sp³-hybridized carbons (Fsp3) is 0.571. The quantitative estimate of drug-likeness (QED) is 0.903. The summed E-state index contributed by atoms with van der Waals surface area (Å²) in [4.78, 5) is 15.8. The van der Waals surface area contributed by atoms with E-state index in [1.807, 2.05) is 0 Å². The van der Waals surface area contributed by atoms with Crippen LogP contribution < -0.4 is 10.1 Å². The second kappa shape index (κ2) is 7.44. The van der Waals surface area contributed by atoms with E-state index in [0.29, 0.717) is 31.6 Å². The van der Waals surface area contributed by atoms with Crippen molar-refractivity contribution >= 4 is 5.91 Å². The summed E-state index contributed by atoms with van der Waals surface area (Å²) >= 11 is 0. The Hall–Kier alpha value is -1.83. The highest BCUT2D eigenvalue weighted by molar-refractivity contribution is 5.78. The zero-order chi connectivity index (χ0) is 16.0. The van der Waals surface area contributed by atoms with Crippen LogP contribution in [-0.2, 0) is 16.1 Å². The van der Waals surface area contributed by atoms with Crippen LogP contribution in [-0.4, -0.2) is 36.9 Å². The summed E-state index contributed by atoms with van der Waals surface area (Å²) in [7, 11) is 0. The normalized spacial score (nSPS) is 16.3. The minimum absolute atomic E-state index is 0.0806. The first-order valence-corrected chi connectivity index (χ1v) is 6.94. The van der Waals surface area contributed by atoms with Crippen LogP contribution >= 0.6 is 0 Å². The number of nitrogens with zero attached hydrogens (tertiary/aromatic N) is 1. The van der Waals surface area contributed by atoms with Gasteiger partial charge in [0.25, 0.3) is 0 Å². The van der Waals surface area contributed by atoms with Gasteiger partial charge in [-0.1, -0.05) is 6.07 Å². The second-order valence-electron chi connectivity index (χ2n) is 4.98. The van der Waals surface area contributed by atoms with E-state index in [1.54, 1.807) is 12.1 Å². The summed E-state index contributed by atoms with van der Waals surface area (Å²) in [5.74, 6) is -0.369. The summed E-state index contributed by atoms with van der Waals surface area (Å²) in [6, 6.07) is 3.15. The molecule has 0 saturated carbocycles.